The van der Waals surface area contributed by atoms with Gasteiger partial charge in [-0.05, 0) is 47.7 Å². The van der Waals surface area contributed by atoms with Crippen molar-refractivity contribution in [3.05, 3.63) is 0 Å². The molecule has 0 aromatic heterocycles. The molecule has 1 fully saturated rings. The quantitative estimate of drug-likeness (QED) is 0.720. The Hall–Kier alpha value is -0.610. The maximum absolute atomic E-state index is 12.0. The number of carbonyl (C=O) groups is 1. The molecule has 4 heteroatoms. The number of likely N-dealkylation sites (N-methyl/N-ethyl adjacent to an activating group) is 2. The lowest BCUT2D eigenvalue weighted by atomic mass is 10.0. The van der Waals surface area contributed by atoms with E-state index in [9.17, 15) is 4.79 Å². The van der Waals surface area contributed by atoms with Crippen molar-refractivity contribution in [2.45, 2.75) is 45.2 Å². The van der Waals surface area contributed by atoms with Crippen molar-refractivity contribution in [1.29, 1.82) is 0 Å². The number of rotatable bonds is 7. The Bertz CT molecular complexity index is 259. The molecule has 0 saturated heterocycles. The van der Waals surface area contributed by atoms with Gasteiger partial charge in [-0.25, -0.2) is 0 Å². The van der Waals surface area contributed by atoms with Crippen LogP contribution in [0.25, 0.3) is 0 Å². The predicted molar refractivity (Wildman–Crippen MR) is 71.0 cm³/mol. The summed E-state index contributed by atoms with van der Waals surface area (Å²) in [4.78, 5) is 16.1. The molecule has 0 spiro atoms. The third-order valence-electron chi connectivity index (χ3n) is 3.69. The molecule has 0 aromatic rings. The van der Waals surface area contributed by atoms with Gasteiger partial charge in [-0.1, -0.05) is 0 Å². The standard InChI is InChI=1S/C13H27N3O/c1-6-16(11-7-8-11)12(17)9-14-10-13(2,3)15(4)5/h11,14H,6-10H2,1-5H3. The zero-order valence-corrected chi connectivity index (χ0v) is 11.9. The molecule has 0 aromatic carbocycles. The predicted octanol–water partition coefficient (Wildman–Crippen LogP) is 0.927. The highest BCUT2D eigenvalue weighted by Gasteiger charge is 2.31. The monoisotopic (exact) mass is 241 g/mol. The first-order valence-electron chi connectivity index (χ1n) is 6.56. The van der Waals surface area contributed by atoms with Crippen LogP contribution in [0.5, 0.6) is 0 Å². The molecule has 1 amide bonds. The summed E-state index contributed by atoms with van der Waals surface area (Å²) >= 11 is 0. The molecule has 0 aliphatic heterocycles. The van der Waals surface area contributed by atoms with Crippen LogP contribution in [0, 0.1) is 0 Å². The second kappa shape index (κ2) is 5.83. The fourth-order valence-electron chi connectivity index (χ4n) is 1.76. The van der Waals surface area contributed by atoms with Crippen LogP contribution in [0.2, 0.25) is 0 Å². The van der Waals surface area contributed by atoms with Crippen molar-refractivity contribution >= 4 is 5.91 Å². The van der Waals surface area contributed by atoms with Crippen LogP contribution < -0.4 is 5.32 Å². The van der Waals surface area contributed by atoms with E-state index in [2.05, 4.69) is 45.1 Å². The minimum absolute atomic E-state index is 0.0803. The molecule has 0 bridgehead atoms. The van der Waals surface area contributed by atoms with Gasteiger partial charge < -0.3 is 15.1 Å². The van der Waals surface area contributed by atoms with E-state index >= 15 is 0 Å². The fourth-order valence-corrected chi connectivity index (χ4v) is 1.76. The molecular weight excluding hydrogens is 214 g/mol. The first-order chi connectivity index (χ1) is 7.88. The van der Waals surface area contributed by atoms with Crippen molar-refractivity contribution in [3.8, 4) is 0 Å². The molecule has 0 atom stereocenters. The van der Waals surface area contributed by atoms with Crippen LogP contribution in [-0.2, 0) is 4.79 Å². The van der Waals surface area contributed by atoms with Crippen LogP contribution in [0.3, 0.4) is 0 Å². The van der Waals surface area contributed by atoms with Gasteiger partial charge in [0, 0.05) is 24.7 Å². The number of hydrogen-bond donors (Lipinski definition) is 1. The summed E-state index contributed by atoms with van der Waals surface area (Å²) in [5.41, 5.74) is 0.0803. The first-order valence-corrected chi connectivity index (χ1v) is 6.56. The Morgan fingerprint density at radius 2 is 1.94 bits per heavy atom. The van der Waals surface area contributed by atoms with Crippen LogP contribution >= 0.6 is 0 Å². The van der Waals surface area contributed by atoms with E-state index in [1.807, 2.05) is 4.90 Å². The summed E-state index contributed by atoms with van der Waals surface area (Å²) in [6.45, 7) is 8.52. The highest BCUT2D eigenvalue weighted by Crippen LogP contribution is 2.26. The van der Waals surface area contributed by atoms with Gasteiger partial charge in [0.25, 0.3) is 0 Å². The van der Waals surface area contributed by atoms with E-state index in [0.29, 0.717) is 12.6 Å². The largest absolute Gasteiger partial charge is 0.339 e. The normalized spacial score (nSPS) is 16.4. The van der Waals surface area contributed by atoms with Gasteiger partial charge in [0.2, 0.25) is 5.91 Å². The van der Waals surface area contributed by atoms with Crippen molar-refractivity contribution in [2.24, 2.45) is 0 Å². The Morgan fingerprint density at radius 3 is 2.35 bits per heavy atom. The maximum Gasteiger partial charge on any atom is 0.236 e. The number of amides is 1. The second-order valence-corrected chi connectivity index (χ2v) is 5.72. The molecule has 1 aliphatic rings. The van der Waals surface area contributed by atoms with Crippen LogP contribution in [0.1, 0.15) is 33.6 Å². The summed E-state index contributed by atoms with van der Waals surface area (Å²) in [5.74, 6) is 0.240. The molecule has 100 valence electrons. The zero-order chi connectivity index (χ0) is 13.1. The summed E-state index contributed by atoms with van der Waals surface area (Å²) in [6, 6.07) is 0.524. The van der Waals surface area contributed by atoms with E-state index in [1.54, 1.807) is 0 Å². The number of carbonyl (C=O) groups excluding carboxylic acids is 1. The smallest absolute Gasteiger partial charge is 0.236 e. The third kappa shape index (κ3) is 4.28. The maximum atomic E-state index is 12.0. The van der Waals surface area contributed by atoms with E-state index in [4.69, 9.17) is 0 Å². The highest BCUT2D eigenvalue weighted by atomic mass is 16.2. The van der Waals surface area contributed by atoms with Crippen LogP contribution in [0.15, 0.2) is 0 Å². The molecule has 4 nitrogen and oxygen atoms in total. The summed E-state index contributed by atoms with van der Waals surface area (Å²) < 4.78 is 0. The topological polar surface area (TPSA) is 35.6 Å². The summed E-state index contributed by atoms with van der Waals surface area (Å²) in [7, 11) is 4.12. The van der Waals surface area contributed by atoms with E-state index in [0.717, 1.165) is 13.1 Å². The zero-order valence-electron chi connectivity index (χ0n) is 11.9. The van der Waals surface area contributed by atoms with Gasteiger partial charge in [-0.15, -0.1) is 0 Å². The molecule has 17 heavy (non-hydrogen) atoms. The minimum atomic E-state index is 0.0803. The van der Waals surface area contributed by atoms with Gasteiger partial charge >= 0.3 is 0 Å². The van der Waals surface area contributed by atoms with Crippen LogP contribution in [-0.4, -0.2) is 61.0 Å². The Morgan fingerprint density at radius 1 is 1.35 bits per heavy atom. The molecular formula is C13H27N3O. The Balaban J connectivity index is 2.28. The third-order valence-corrected chi connectivity index (χ3v) is 3.69. The van der Waals surface area contributed by atoms with Gasteiger partial charge in [0.1, 0.15) is 0 Å². The Kier molecular flexibility index (Phi) is 4.95. The molecule has 0 unspecified atom stereocenters. The molecule has 0 radical (unpaired) electrons. The average molecular weight is 241 g/mol. The fraction of sp³-hybridized carbons (Fsp3) is 0.923. The molecule has 1 rings (SSSR count). The van der Waals surface area contributed by atoms with Crippen molar-refractivity contribution in [2.75, 3.05) is 33.7 Å². The lowest BCUT2D eigenvalue weighted by molar-refractivity contribution is -0.130. The van der Waals surface area contributed by atoms with E-state index in [1.165, 1.54) is 12.8 Å². The number of nitrogens with zero attached hydrogens (tertiary/aromatic N) is 2. The Labute approximate surface area is 105 Å². The van der Waals surface area contributed by atoms with E-state index in [-0.39, 0.29) is 11.4 Å². The summed E-state index contributed by atoms with van der Waals surface area (Å²) in [6.07, 6.45) is 2.37. The van der Waals surface area contributed by atoms with Crippen molar-refractivity contribution in [3.63, 3.8) is 0 Å². The van der Waals surface area contributed by atoms with Crippen molar-refractivity contribution < 1.29 is 4.79 Å². The van der Waals surface area contributed by atoms with Crippen LogP contribution in [0.4, 0.5) is 0 Å². The molecule has 1 saturated carbocycles. The average Bonchev–Trinajstić information content (AvgIpc) is 3.02. The lowest BCUT2D eigenvalue weighted by Crippen LogP contribution is -2.49. The van der Waals surface area contributed by atoms with Gasteiger partial charge in [0.15, 0.2) is 0 Å². The van der Waals surface area contributed by atoms with E-state index < -0.39 is 0 Å². The molecule has 1 aliphatic carbocycles. The molecule has 0 heterocycles. The second-order valence-electron chi connectivity index (χ2n) is 5.72. The number of nitrogens with one attached hydrogen (secondary N) is 1. The lowest BCUT2D eigenvalue weighted by Gasteiger charge is -2.33. The molecule has 1 N–H and O–H groups in total. The number of hydrogen-bond acceptors (Lipinski definition) is 3. The van der Waals surface area contributed by atoms with Gasteiger partial charge in [-0.2, -0.15) is 0 Å². The summed E-state index contributed by atoms with van der Waals surface area (Å²) in [5, 5.41) is 3.27. The first kappa shape index (κ1) is 14.5. The van der Waals surface area contributed by atoms with Gasteiger partial charge in [-0.3, -0.25) is 4.79 Å². The SMILES string of the molecule is CCN(C(=O)CNCC(C)(C)N(C)C)C1CC1. The highest BCUT2D eigenvalue weighted by molar-refractivity contribution is 5.78. The van der Waals surface area contributed by atoms with Gasteiger partial charge in [0.05, 0.1) is 6.54 Å². The minimum Gasteiger partial charge on any atom is -0.339 e. The van der Waals surface area contributed by atoms with Crippen molar-refractivity contribution in [1.82, 2.24) is 15.1 Å².